The van der Waals surface area contributed by atoms with Gasteiger partial charge in [0.1, 0.15) is 5.69 Å². The van der Waals surface area contributed by atoms with Gasteiger partial charge in [-0.05, 0) is 29.3 Å². The summed E-state index contributed by atoms with van der Waals surface area (Å²) in [5, 5.41) is 11.7. The van der Waals surface area contributed by atoms with E-state index in [1.807, 2.05) is 16.8 Å². The van der Waals surface area contributed by atoms with Crippen LogP contribution in [0.15, 0.2) is 26.8 Å². The molecule has 112 valence electrons. The molecule has 0 radical (unpaired) electrons. The first-order chi connectivity index (χ1) is 9.99. The van der Waals surface area contributed by atoms with E-state index in [0.717, 1.165) is 22.0 Å². The molecule has 9 heteroatoms. The lowest BCUT2D eigenvalue weighted by atomic mass is 10.3. The zero-order valence-corrected chi connectivity index (χ0v) is 13.3. The zero-order chi connectivity index (χ0) is 15.4. The van der Waals surface area contributed by atoms with Crippen LogP contribution in [0.3, 0.4) is 0 Å². The van der Waals surface area contributed by atoms with Crippen LogP contribution in [0.5, 0.6) is 0 Å². The molecule has 0 aromatic carbocycles. The molecule has 0 saturated heterocycles. The molecule has 0 fully saturated rings. The van der Waals surface area contributed by atoms with E-state index in [2.05, 4.69) is 10.2 Å². The molecule has 0 saturated carbocycles. The molecule has 2 rings (SSSR count). The fraction of sp³-hybridized carbons (Fsp3) is 0.333. The predicted octanol–water partition coefficient (Wildman–Crippen LogP) is 0.473. The Morgan fingerprint density at radius 2 is 2.29 bits per heavy atom. The van der Waals surface area contributed by atoms with Crippen molar-refractivity contribution in [1.82, 2.24) is 19.8 Å². The number of carbonyl (C=O) groups is 1. The molecule has 0 aliphatic heterocycles. The van der Waals surface area contributed by atoms with Gasteiger partial charge in [0.25, 0.3) is 5.56 Å². The van der Waals surface area contributed by atoms with Crippen molar-refractivity contribution in [2.24, 2.45) is 0 Å². The van der Waals surface area contributed by atoms with Gasteiger partial charge in [-0.1, -0.05) is 11.8 Å². The van der Waals surface area contributed by atoms with E-state index < -0.39 is 5.56 Å². The van der Waals surface area contributed by atoms with Gasteiger partial charge in [-0.3, -0.25) is 9.59 Å². The molecule has 0 spiro atoms. The minimum atomic E-state index is -0.411. The Morgan fingerprint density at radius 1 is 1.52 bits per heavy atom. The Bertz CT molecular complexity index is 683. The first-order valence-electron chi connectivity index (χ1n) is 6.08. The Kier molecular flexibility index (Phi) is 4.97. The van der Waals surface area contributed by atoms with Gasteiger partial charge in [0, 0.05) is 13.6 Å². The number of aromatic nitrogens is 3. The summed E-state index contributed by atoms with van der Waals surface area (Å²) in [6.07, 6.45) is 0. The molecule has 2 N–H and O–H groups in total. The van der Waals surface area contributed by atoms with Crippen molar-refractivity contribution in [3.05, 3.63) is 38.4 Å². The lowest BCUT2D eigenvalue weighted by molar-refractivity contribution is -0.127. The Hall–Kier alpha value is -1.87. The number of aryl methyl sites for hydroxylation is 1. The topological polar surface area (TPSA) is 94.1 Å². The second-order valence-electron chi connectivity index (χ2n) is 4.41. The van der Waals surface area contributed by atoms with Gasteiger partial charge < -0.3 is 10.7 Å². The van der Waals surface area contributed by atoms with Gasteiger partial charge in [0.15, 0.2) is 0 Å². The average molecular weight is 325 g/mol. The highest BCUT2D eigenvalue weighted by Crippen LogP contribution is 2.13. The van der Waals surface area contributed by atoms with Gasteiger partial charge in [-0.2, -0.15) is 16.0 Å². The summed E-state index contributed by atoms with van der Waals surface area (Å²) in [5.74, 6) is 5.69. The fourth-order valence-electron chi connectivity index (χ4n) is 1.55. The van der Waals surface area contributed by atoms with Crippen LogP contribution in [-0.2, 0) is 11.3 Å². The van der Waals surface area contributed by atoms with E-state index in [1.165, 1.54) is 6.92 Å². The van der Waals surface area contributed by atoms with Crippen LogP contribution in [-0.4, -0.2) is 38.5 Å². The average Bonchev–Trinajstić information content (AvgIpc) is 2.96. The number of thiophene rings is 1. The minimum absolute atomic E-state index is 0.0685. The van der Waals surface area contributed by atoms with Crippen LogP contribution in [0.25, 0.3) is 0 Å². The SMILES string of the molecule is Cc1nnc(SCC(=O)N(C)Cc2ccsc2)n(N)c1=O. The van der Waals surface area contributed by atoms with E-state index in [4.69, 9.17) is 5.84 Å². The maximum atomic E-state index is 12.0. The van der Waals surface area contributed by atoms with Crippen LogP contribution in [0.2, 0.25) is 0 Å². The number of nitrogens with zero attached hydrogens (tertiary/aromatic N) is 4. The highest BCUT2D eigenvalue weighted by atomic mass is 32.2. The molecule has 0 aliphatic rings. The number of amides is 1. The maximum Gasteiger partial charge on any atom is 0.294 e. The quantitative estimate of drug-likeness (QED) is 0.634. The van der Waals surface area contributed by atoms with Crippen LogP contribution >= 0.6 is 23.1 Å². The molecule has 21 heavy (non-hydrogen) atoms. The second kappa shape index (κ2) is 6.72. The first kappa shape index (κ1) is 15.5. The third kappa shape index (κ3) is 3.82. The molecule has 0 atom stereocenters. The molecule has 7 nitrogen and oxygen atoms in total. The number of thioether (sulfide) groups is 1. The van der Waals surface area contributed by atoms with Crippen LogP contribution in [0.1, 0.15) is 11.3 Å². The van der Waals surface area contributed by atoms with E-state index in [9.17, 15) is 9.59 Å². The third-order valence-electron chi connectivity index (χ3n) is 2.77. The molecule has 0 aliphatic carbocycles. The fourth-order valence-corrected chi connectivity index (χ4v) is 3.00. The minimum Gasteiger partial charge on any atom is -0.341 e. The molecular formula is C12H15N5O2S2. The second-order valence-corrected chi connectivity index (χ2v) is 6.14. The Labute approximate surface area is 129 Å². The van der Waals surface area contributed by atoms with Gasteiger partial charge >= 0.3 is 0 Å². The lowest BCUT2D eigenvalue weighted by Gasteiger charge is -2.16. The monoisotopic (exact) mass is 325 g/mol. The van der Waals surface area contributed by atoms with Crippen molar-refractivity contribution in [3.63, 3.8) is 0 Å². The highest BCUT2D eigenvalue weighted by Gasteiger charge is 2.13. The van der Waals surface area contributed by atoms with Crippen molar-refractivity contribution in [2.75, 3.05) is 18.6 Å². The summed E-state index contributed by atoms with van der Waals surface area (Å²) < 4.78 is 0.916. The van der Waals surface area contributed by atoms with Gasteiger partial charge in [0.05, 0.1) is 5.75 Å². The van der Waals surface area contributed by atoms with Crippen molar-refractivity contribution in [1.29, 1.82) is 0 Å². The van der Waals surface area contributed by atoms with Crippen LogP contribution < -0.4 is 11.4 Å². The summed E-state index contributed by atoms with van der Waals surface area (Å²) >= 11 is 2.69. The third-order valence-corrected chi connectivity index (χ3v) is 4.43. The van der Waals surface area contributed by atoms with Crippen molar-refractivity contribution < 1.29 is 4.79 Å². The first-order valence-corrected chi connectivity index (χ1v) is 8.01. The lowest BCUT2D eigenvalue weighted by Crippen LogP contribution is -2.33. The molecule has 1 amide bonds. The number of nitrogen functional groups attached to an aromatic ring is 1. The van der Waals surface area contributed by atoms with Gasteiger partial charge in [-0.25, -0.2) is 0 Å². The van der Waals surface area contributed by atoms with E-state index in [1.54, 1.807) is 23.3 Å². The van der Waals surface area contributed by atoms with Crippen LogP contribution in [0, 0.1) is 6.92 Å². The van der Waals surface area contributed by atoms with Crippen molar-refractivity contribution >= 4 is 29.0 Å². The molecular weight excluding hydrogens is 310 g/mol. The van der Waals surface area contributed by atoms with E-state index in [-0.39, 0.29) is 22.5 Å². The van der Waals surface area contributed by atoms with Crippen molar-refractivity contribution in [3.8, 4) is 0 Å². The largest absolute Gasteiger partial charge is 0.341 e. The standard InChI is InChI=1S/C12H15N5O2S2/c1-8-11(19)17(13)12(15-14-8)21-7-10(18)16(2)5-9-3-4-20-6-9/h3-4,6H,5,7,13H2,1-2H3. The molecule has 0 bridgehead atoms. The summed E-state index contributed by atoms with van der Waals surface area (Å²) in [6, 6.07) is 1.98. The highest BCUT2D eigenvalue weighted by molar-refractivity contribution is 7.99. The summed E-state index contributed by atoms with van der Waals surface area (Å²) in [7, 11) is 1.73. The number of nitrogens with two attached hydrogens (primary N) is 1. The van der Waals surface area contributed by atoms with E-state index >= 15 is 0 Å². The predicted molar refractivity (Wildman–Crippen MR) is 82.7 cm³/mol. The number of carbonyl (C=O) groups excluding carboxylic acids is 1. The smallest absolute Gasteiger partial charge is 0.294 e. The molecule has 2 aromatic rings. The maximum absolute atomic E-state index is 12.0. The number of rotatable bonds is 5. The zero-order valence-electron chi connectivity index (χ0n) is 11.6. The van der Waals surface area contributed by atoms with Gasteiger partial charge in [0.2, 0.25) is 11.1 Å². The molecule has 2 aromatic heterocycles. The summed E-state index contributed by atoms with van der Waals surface area (Å²) in [4.78, 5) is 25.3. The van der Waals surface area contributed by atoms with E-state index in [0.29, 0.717) is 6.54 Å². The van der Waals surface area contributed by atoms with Gasteiger partial charge in [-0.15, -0.1) is 10.2 Å². The Balaban J connectivity index is 1.95. The Morgan fingerprint density at radius 3 is 2.95 bits per heavy atom. The molecule has 2 heterocycles. The summed E-state index contributed by atoms with van der Waals surface area (Å²) in [5.41, 5.74) is 0.904. The van der Waals surface area contributed by atoms with Crippen LogP contribution in [0.4, 0.5) is 0 Å². The number of hydrogen-bond acceptors (Lipinski definition) is 7. The normalized spacial score (nSPS) is 10.6. The number of hydrogen-bond donors (Lipinski definition) is 1. The molecule has 0 unspecified atom stereocenters. The summed E-state index contributed by atoms with van der Waals surface area (Å²) in [6.45, 7) is 2.09. The van der Waals surface area contributed by atoms with Crippen molar-refractivity contribution in [2.45, 2.75) is 18.6 Å².